The quantitative estimate of drug-likeness (QED) is 0.126. The lowest BCUT2D eigenvalue weighted by molar-refractivity contribution is 1.02. The second kappa shape index (κ2) is 15.7. The molecule has 6 aromatic rings. The van der Waals surface area contributed by atoms with Crippen molar-refractivity contribution in [2.24, 2.45) is 20.0 Å². The van der Waals surface area contributed by atoms with Gasteiger partial charge in [0.25, 0.3) is 0 Å². The van der Waals surface area contributed by atoms with Gasteiger partial charge >= 0.3 is 0 Å². The lowest BCUT2D eigenvalue weighted by Gasteiger charge is -2.35. The highest BCUT2D eigenvalue weighted by molar-refractivity contribution is 6.24. The van der Waals surface area contributed by atoms with E-state index in [0.717, 1.165) is 79.8 Å². The third-order valence-electron chi connectivity index (χ3n) is 10.5. The van der Waals surface area contributed by atoms with Crippen LogP contribution in [-0.2, 0) is 6.54 Å². The molecule has 1 aliphatic carbocycles. The highest BCUT2D eigenvalue weighted by Crippen LogP contribution is 2.45. The van der Waals surface area contributed by atoms with Gasteiger partial charge in [-0.15, -0.1) is 0 Å². The number of hydrogen-bond acceptors (Lipinski definition) is 4. The lowest BCUT2D eigenvalue weighted by Crippen LogP contribution is -2.43. The fourth-order valence-corrected chi connectivity index (χ4v) is 7.74. The highest BCUT2D eigenvalue weighted by atomic mass is 15.4. The number of para-hydroxylation sites is 1. The Balaban J connectivity index is 1.30. The summed E-state index contributed by atoms with van der Waals surface area (Å²) < 4.78 is 0. The molecule has 0 atom stereocenters. The molecule has 0 radical (unpaired) electrons. The third-order valence-corrected chi connectivity index (χ3v) is 10.5. The molecule has 2 aliphatic heterocycles. The molecular weight excluding hydrogens is 697 g/mol. The standard InChI is InChI=1S/C51H40N6/c1-36-17-15-16-34-53-51-56(36)45-26-13-11-24-43(45)44-25-12-14-27-46(44)57(51)47-33-32-40-22-9-10-23-42(40)48(47)50(54-35-37-18-5-3-6-19-37)55-49(52-2)41-30-28-39(29-31-41)38-20-7-4-8-21-38/h3-11,13-24,26-34H,1-2,12,25,35H2/b17-15-,34-16-,53-51?,54-50?,55-49?. The Labute approximate surface area is 333 Å². The van der Waals surface area contributed by atoms with Crippen LogP contribution in [0.1, 0.15) is 35.1 Å². The zero-order valence-electron chi connectivity index (χ0n) is 31.5. The lowest BCUT2D eigenvalue weighted by atomic mass is 9.93. The van der Waals surface area contributed by atoms with Crippen molar-refractivity contribution < 1.29 is 0 Å². The molecule has 0 saturated carbocycles. The molecular formula is C51H40N6. The Morgan fingerprint density at radius 2 is 1.40 bits per heavy atom. The van der Waals surface area contributed by atoms with Gasteiger partial charge < -0.3 is 0 Å². The van der Waals surface area contributed by atoms with Crippen molar-refractivity contribution >= 4 is 52.1 Å². The zero-order chi connectivity index (χ0) is 38.6. The molecule has 274 valence electrons. The van der Waals surface area contributed by atoms with Crippen LogP contribution in [-0.4, -0.2) is 24.3 Å². The van der Waals surface area contributed by atoms with Crippen LogP contribution in [0.15, 0.2) is 220 Å². The van der Waals surface area contributed by atoms with Crippen LogP contribution >= 0.6 is 0 Å². The molecule has 0 bridgehead atoms. The number of rotatable bonds is 6. The molecule has 3 aliphatic rings. The molecule has 0 amide bonds. The van der Waals surface area contributed by atoms with Crippen LogP contribution in [0, 0.1) is 0 Å². The van der Waals surface area contributed by atoms with Crippen molar-refractivity contribution in [1.82, 2.24) is 0 Å². The van der Waals surface area contributed by atoms with E-state index in [4.69, 9.17) is 15.0 Å². The zero-order valence-corrected chi connectivity index (χ0v) is 31.5. The van der Waals surface area contributed by atoms with E-state index >= 15 is 0 Å². The summed E-state index contributed by atoms with van der Waals surface area (Å²) in [6, 6.07) is 50.2. The van der Waals surface area contributed by atoms with Crippen LogP contribution in [0.3, 0.4) is 0 Å². The average Bonchev–Trinajstić information content (AvgIpc) is 3.38. The highest BCUT2D eigenvalue weighted by Gasteiger charge is 2.35. The van der Waals surface area contributed by atoms with E-state index in [2.05, 4.69) is 149 Å². The van der Waals surface area contributed by atoms with Crippen molar-refractivity contribution in [3.63, 3.8) is 0 Å². The summed E-state index contributed by atoms with van der Waals surface area (Å²) in [5, 5.41) is 2.07. The summed E-state index contributed by atoms with van der Waals surface area (Å²) in [4.78, 5) is 24.9. The van der Waals surface area contributed by atoms with E-state index in [1.54, 1.807) is 0 Å². The largest absolute Gasteiger partial charge is 0.280 e. The van der Waals surface area contributed by atoms with Gasteiger partial charge in [0, 0.05) is 23.0 Å². The number of amidine groups is 2. The first kappa shape index (κ1) is 35.3. The van der Waals surface area contributed by atoms with Gasteiger partial charge in [0.2, 0.25) is 5.96 Å². The Morgan fingerprint density at radius 3 is 2.23 bits per heavy atom. The molecule has 9 rings (SSSR count). The minimum absolute atomic E-state index is 0.413. The Bertz CT molecular complexity index is 2730. The molecule has 0 saturated heterocycles. The Morgan fingerprint density at radius 1 is 0.667 bits per heavy atom. The van der Waals surface area contributed by atoms with Crippen molar-refractivity contribution in [2.75, 3.05) is 9.80 Å². The molecule has 0 N–H and O–H groups in total. The monoisotopic (exact) mass is 736 g/mol. The molecule has 6 heteroatoms. The maximum atomic E-state index is 5.36. The molecule has 0 aromatic heterocycles. The van der Waals surface area contributed by atoms with E-state index in [9.17, 15) is 0 Å². The van der Waals surface area contributed by atoms with Gasteiger partial charge in [0.1, 0.15) is 0 Å². The number of hydrogen-bond donors (Lipinski definition) is 0. The van der Waals surface area contributed by atoms with E-state index < -0.39 is 0 Å². The number of nitrogens with zero attached hydrogens (tertiary/aromatic N) is 6. The number of aliphatic imine (C=N–C) groups is 4. The van der Waals surface area contributed by atoms with Gasteiger partial charge in [0.15, 0.2) is 11.7 Å². The second-order valence-electron chi connectivity index (χ2n) is 14.0. The first-order valence-electron chi connectivity index (χ1n) is 19.2. The van der Waals surface area contributed by atoms with E-state index in [1.807, 2.05) is 60.8 Å². The van der Waals surface area contributed by atoms with Gasteiger partial charge in [-0.1, -0.05) is 152 Å². The molecule has 6 aromatic carbocycles. The van der Waals surface area contributed by atoms with Gasteiger partial charge in [-0.2, -0.15) is 0 Å². The van der Waals surface area contributed by atoms with E-state index in [1.165, 1.54) is 5.57 Å². The summed E-state index contributed by atoms with van der Waals surface area (Å²) in [6.45, 7) is 8.99. The summed E-state index contributed by atoms with van der Waals surface area (Å²) in [6.07, 6.45) is 14.1. The van der Waals surface area contributed by atoms with Crippen LogP contribution in [0.4, 0.5) is 11.4 Å². The summed E-state index contributed by atoms with van der Waals surface area (Å²) in [5.41, 5.74) is 11.2. The van der Waals surface area contributed by atoms with Crippen LogP contribution < -0.4 is 9.80 Å². The minimum atomic E-state index is 0.413. The van der Waals surface area contributed by atoms with Crippen molar-refractivity contribution in [3.8, 4) is 11.1 Å². The fourth-order valence-electron chi connectivity index (χ4n) is 7.74. The second-order valence-corrected chi connectivity index (χ2v) is 14.0. The van der Waals surface area contributed by atoms with Crippen molar-refractivity contribution in [2.45, 2.75) is 19.4 Å². The Hall–Kier alpha value is -7.44. The van der Waals surface area contributed by atoms with Gasteiger partial charge in [0.05, 0.1) is 29.2 Å². The summed E-state index contributed by atoms with van der Waals surface area (Å²) >= 11 is 0. The number of allylic oxidation sites excluding steroid dienone is 6. The molecule has 57 heavy (non-hydrogen) atoms. The SMILES string of the molecule is C=NC(=NC(=NCc1ccccc1)c1c(N2C3=N/C=C\C=C/C(=C)N3c3ccccc3C3=C2C=CCC3)ccc2ccccc12)c1ccc(-c2ccccc2)cc1. The van der Waals surface area contributed by atoms with Crippen molar-refractivity contribution in [3.05, 3.63) is 222 Å². The van der Waals surface area contributed by atoms with Crippen LogP contribution in [0.2, 0.25) is 0 Å². The summed E-state index contributed by atoms with van der Waals surface area (Å²) in [7, 11) is 0. The molecule has 0 unspecified atom stereocenters. The number of fused-ring (bicyclic) bond motifs is 5. The van der Waals surface area contributed by atoms with E-state index in [-0.39, 0.29) is 0 Å². The van der Waals surface area contributed by atoms with Gasteiger partial charge in [-0.05, 0) is 83.0 Å². The predicted molar refractivity (Wildman–Crippen MR) is 240 cm³/mol. The number of guanidine groups is 1. The third kappa shape index (κ3) is 6.90. The average molecular weight is 737 g/mol. The maximum Gasteiger partial charge on any atom is 0.219 e. The first-order valence-corrected chi connectivity index (χ1v) is 19.2. The van der Waals surface area contributed by atoms with Crippen molar-refractivity contribution in [1.29, 1.82) is 0 Å². The Kier molecular flexibility index (Phi) is 9.74. The minimum Gasteiger partial charge on any atom is -0.280 e. The smallest absolute Gasteiger partial charge is 0.219 e. The fraction of sp³-hybridized carbons (Fsp3) is 0.0588. The van der Waals surface area contributed by atoms with Gasteiger partial charge in [-0.3, -0.25) is 14.8 Å². The number of benzene rings is 6. The van der Waals surface area contributed by atoms with Gasteiger partial charge in [-0.25, -0.2) is 15.0 Å². The first-order chi connectivity index (χ1) is 28.2. The molecule has 0 fully saturated rings. The normalized spacial score (nSPS) is 16.5. The van der Waals surface area contributed by atoms with Crippen LogP contribution in [0.5, 0.6) is 0 Å². The number of anilines is 2. The van der Waals surface area contributed by atoms with E-state index in [0.29, 0.717) is 24.2 Å². The summed E-state index contributed by atoms with van der Waals surface area (Å²) in [5.74, 6) is 1.72. The predicted octanol–water partition coefficient (Wildman–Crippen LogP) is 11.9. The van der Waals surface area contributed by atoms with Crippen LogP contribution in [0.25, 0.3) is 27.5 Å². The maximum absolute atomic E-state index is 5.36. The molecule has 0 spiro atoms. The topological polar surface area (TPSA) is 55.9 Å². The molecule has 6 nitrogen and oxygen atoms in total. The molecule has 2 heterocycles.